The Bertz CT molecular complexity index is 325. The first-order valence-electron chi connectivity index (χ1n) is 6.44. The van der Waals surface area contributed by atoms with E-state index >= 15 is 0 Å². The molecule has 7 heteroatoms. The fourth-order valence-electron chi connectivity index (χ4n) is 2.25. The maximum absolute atomic E-state index is 11.7. The predicted molar refractivity (Wildman–Crippen MR) is 74.3 cm³/mol. The number of urea groups is 1. The lowest BCUT2D eigenvalue weighted by Gasteiger charge is -2.29. The van der Waals surface area contributed by atoms with Gasteiger partial charge in [0.05, 0.1) is 6.10 Å². The fourth-order valence-corrected chi connectivity index (χ4v) is 3.07. The molecule has 0 aromatic heterocycles. The smallest absolute Gasteiger partial charge is 0.328 e. The van der Waals surface area contributed by atoms with Gasteiger partial charge in [-0.05, 0) is 32.4 Å². The second-order valence-electron chi connectivity index (χ2n) is 4.90. The number of carbonyl (C=O) groups excluding carboxylic acids is 1. The molecule has 0 spiro atoms. The topological polar surface area (TPSA) is 98.7 Å². The van der Waals surface area contributed by atoms with Crippen molar-refractivity contribution in [2.75, 3.05) is 6.26 Å². The average Bonchev–Trinajstić information content (AvgIpc) is 2.35. The van der Waals surface area contributed by atoms with E-state index in [1.807, 2.05) is 0 Å². The van der Waals surface area contributed by atoms with E-state index in [1.54, 1.807) is 11.8 Å². The molecule has 0 aliphatic heterocycles. The first kappa shape index (κ1) is 16.1. The van der Waals surface area contributed by atoms with Gasteiger partial charge in [0.15, 0.2) is 6.04 Å². The van der Waals surface area contributed by atoms with Crippen molar-refractivity contribution >= 4 is 23.8 Å². The first-order chi connectivity index (χ1) is 8.93. The molecule has 19 heavy (non-hydrogen) atoms. The summed E-state index contributed by atoms with van der Waals surface area (Å²) in [5, 5.41) is 23.8. The Hall–Kier alpha value is -0.950. The number of carbonyl (C=O) groups is 2. The van der Waals surface area contributed by atoms with Crippen LogP contribution in [0.4, 0.5) is 4.79 Å². The molecule has 1 fully saturated rings. The summed E-state index contributed by atoms with van der Waals surface area (Å²) in [6.45, 7) is 1.34. The van der Waals surface area contributed by atoms with E-state index < -0.39 is 24.1 Å². The van der Waals surface area contributed by atoms with Crippen molar-refractivity contribution in [2.24, 2.45) is 0 Å². The van der Waals surface area contributed by atoms with Crippen molar-refractivity contribution in [2.45, 2.75) is 56.0 Å². The maximum atomic E-state index is 11.7. The third-order valence-corrected chi connectivity index (χ3v) is 4.42. The molecule has 2 amide bonds. The second kappa shape index (κ2) is 7.59. The number of carboxylic acids is 1. The molecule has 1 aliphatic carbocycles. The molecule has 0 radical (unpaired) electrons. The summed E-state index contributed by atoms with van der Waals surface area (Å²) >= 11 is 1.79. The van der Waals surface area contributed by atoms with Crippen LogP contribution in [0.2, 0.25) is 0 Å². The van der Waals surface area contributed by atoms with E-state index in [4.69, 9.17) is 5.11 Å². The molecule has 1 saturated carbocycles. The van der Waals surface area contributed by atoms with E-state index in [0.717, 1.165) is 25.7 Å². The average molecular weight is 290 g/mol. The van der Waals surface area contributed by atoms with Crippen molar-refractivity contribution in [3.05, 3.63) is 0 Å². The Morgan fingerprint density at radius 3 is 2.58 bits per heavy atom. The quantitative estimate of drug-likeness (QED) is 0.600. The van der Waals surface area contributed by atoms with Gasteiger partial charge in [-0.1, -0.05) is 6.42 Å². The molecule has 4 N–H and O–H groups in total. The van der Waals surface area contributed by atoms with Gasteiger partial charge < -0.3 is 20.8 Å². The zero-order valence-electron chi connectivity index (χ0n) is 11.3. The first-order valence-corrected chi connectivity index (χ1v) is 7.73. The maximum Gasteiger partial charge on any atom is 0.328 e. The lowest BCUT2D eigenvalue weighted by molar-refractivity contribution is -0.141. The van der Waals surface area contributed by atoms with Crippen molar-refractivity contribution in [3.63, 3.8) is 0 Å². The zero-order chi connectivity index (χ0) is 14.4. The molecular formula is C12H22N2O4S. The van der Waals surface area contributed by atoms with Crippen LogP contribution >= 0.6 is 11.8 Å². The second-order valence-corrected chi connectivity index (χ2v) is 6.03. The van der Waals surface area contributed by atoms with Gasteiger partial charge in [0.1, 0.15) is 0 Å². The number of aliphatic carboxylic acids is 1. The number of hydrogen-bond acceptors (Lipinski definition) is 4. The molecule has 6 nitrogen and oxygen atoms in total. The van der Waals surface area contributed by atoms with Crippen LogP contribution in [-0.4, -0.2) is 51.9 Å². The lowest BCUT2D eigenvalue weighted by Crippen LogP contribution is -2.53. The summed E-state index contributed by atoms with van der Waals surface area (Å²) in [6, 6.07) is -1.73. The fraction of sp³-hybridized carbons (Fsp3) is 0.833. The monoisotopic (exact) mass is 290 g/mol. The van der Waals surface area contributed by atoms with Gasteiger partial charge in [-0.15, -0.1) is 0 Å². The van der Waals surface area contributed by atoms with E-state index in [2.05, 4.69) is 16.9 Å². The van der Waals surface area contributed by atoms with Gasteiger partial charge >= 0.3 is 12.0 Å². The largest absolute Gasteiger partial charge is 0.480 e. The van der Waals surface area contributed by atoms with Crippen LogP contribution in [-0.2, 0) is 4.79 Å². The van der Waals surface area contributed by atoms with Crippen LogP contribution in [0.1, 0.15) is 32.6 Å². The van der Waals surface area contributed by atoms with Gasteiger partial charge in [0.2, 0.25) is 0 Å². The molecule has 2 unspecified atom stereocenters. The summed E-state index contributed by atoms with van der Waals surface area (Å²) < 4.78 is 0. The summed E-state index contributed by atoms with van der Waals surface area (Å²) in [6.07, 6.45) is 4.97. The van der Waals surface area contributed by atoms with Gasteiger partial charge in [-0.25, -0.2) is 9.59 Å². The van der Waals surface area contributed by atoms with Crippen molar-refractivity contribution in [1.82, 2.24) is 10.6 Å². The van der Waals surface area contributed by atoms with Gasteiger partial charge in [0, 0.05) is 11.3 Å². The number of thioether (sulfide) groups is 1. The molecule has 0 aromatic carbocycles. The van der Waals surface area contributed by atoms with Gasteiger partial charge in [-0.3, -0.25) is 0 Å². The van der Waals surface area contributed by atoms with Gasteiger partial charge in [0.25, 0.3) is 0 Å². The standard InChI is InChI=1S/C12H22N2O4S/c1-7(15)10(11(16)17)14-12(18)13-8-4-3-5-9(6-8)19-2/h7-10,15H,3-6H2,1-2H3,(H,16,17)(H2,13,14,18)/t7-,8?,9?,10+/m1/s1. The van der Waals surface area contributed by atoms with E-state index in [9.17, 15) is 14.7 Å². The highest BCUT2D eigenvalue weighted by Crippen LogP contribution is 2.26. The summed E-state index contributed by atoms with van der Waals surface area (Å²) in [5.41, 5.74) is 0. The van der Waals surface area contributed by atoms with Crippen LogP contribution in [0.15, 0.2) is 0 Å². The summed E-state index contributed by atoms with van der Waals surface area (Å²) in [4.78, 5) is 22.6. The minimum Gasteiger partial charge on any atom is -0.480 e. The Balaban J connectivity index is 2.43. The molecule has 0 heterocycles. The van der Waals surface area contributed by atoms with Crippen molar-refractivity contribution < 1.29 is 19.8 Å². The number of hydrogen-bond donors (Lipinski definition) is 4. The summed E-state index contributed by atoms with van der Waals surface area (Å²) in [5.74, 6) is -1.24. The Kier molecular flexibility index (Phi) is 6.44. The van der Waals surface area contributed by atoms with Crippen LogP contribution in [0.5, 0.6) is 0 Å². The molecular weight excluding hydrogens is 268 g/mol. The van der Waals surface area contributed by atoms with Crippen molar-refractivity contribution in [3.8, 4) is 0 Å². The third kappa shape index (κ3) is 5.28. The van der Waals surface area contributed by atoms with Crippen LogP contribution < -0.4 is 10.6 Å². The molecule has 0 saturated heterocycles. The van der Waals surface area contributed by atoms with Crippen molar-refractivity contribution in [1.29, 1.82) is 0 Å². The number of aliphatic hydroxyl groups excluding tert-OH is 1. The minimum absolute atomic E-state index is 0.0784. The highest BCUT2D eigenvalue weighted by atomic mass is 32.2. The number of carboxylic acid groups (broad SMARTS) is 1. The molecule has 0 aromatic rings. The van der Waals surface area contributed by atoms with E-state index in [1.165, 1.54) is 6.92 Å². The van der Waals surface area contributed by atoms with Crippen LogP contribution in [0.3, 0.4) is 0 Å². The number of nitrogens with one attached hydrogen (secondary N) is 2. The molecule has 110 valence electrons. The highest BCUT2D eigenvalue weighted by Gasteiger charge is 2.27. The zero-order valence-corrected chi connectivity index (χ0v) is 12.1. The Labute approximate surface area is 117 Å². The van der Waals surface area contributed by atoms with E-state index in [0.29, 0.717) is 5.25 Å². The highest BCUT2D eigenvalue weighted by molar-refractivity contribution is 7.99. The number of aliphatic hydroxyl groups is 1. The third-order valence-electron chi connectivity index (χ3n) is 3.33. The molecule has 4 atom stereocenters. The van der Waals surface area contributed by atoms with Crippen LogP contribution in [0.25, 0.3) is 0 Å². The SMILES string of the molecule is CSC1CCCC(NC(=O)N[C@H](C(=O)O)[C@@H](C)O)C1. The summed E-state index contributed by atoms with van der Waals surface area (Å²) in [7, 11) is 0. The molecule has 1 aliphatic rings. The van der Waals surface area contributed by atoms with Gasteiger partial charge in [-0.2, -0.15) is 11.8 Å². The number of rotatable bonds is 5. The Morgan fingerprint density at radius 1 is 1.37 bits per heavy atom. The molecule has 1 rings (SSSR count). The molecule has 0 bridgehead atoms. The minimum atomic E-state index is -1.28. The predicted octanol–water partition coefficient (Wildman–Crippen LogP) is 0.794. The Morgan fingerprint density at radius 2 is 2.05 bits per heavy atom. The number of amides is 2. The normalized spacial score (nSPS) is 26.3. The lowest BCUT2D eigenvalue weighted by atomic mass is 9.95. The van der Waals surface area contributed by atoms with E-state index in [-0.39, 0.29) is 6.04 Å². The van der Waals surface area contributed by atoms with Crippen LogP contribution in [0, 0.1) is 0 Å².